The minimum absolute atomic E-state index is 0.326. The molecule has 3 heterocycles. The molecule has 0 radical (unpaired) electrons. The molecule has 0 spiro atoms. The van der Waals surface area contributed by atoms with Gasteiger partial charge in [-0.15, -0.1) is 10.2 Å². The maximum atomic E-state index is 13.4. The average molecular weight is 547 g/mol. The van der Waals surface area contributed by atoms with Crippen LogP contribution in [0.3, 0.4) is 0 Å². The standard InChI is InChI=1S/C28H27ClN6O2S/c1-19-6-3-8-21(16-19)26-31-32-27-24-11-10-22(29)18-25(24)30-28(35(26)27)33-12-5-13-34(15-14-33)38(36,37)23-9-4-7-20(2)17-23/h3-4,6-11,16-18H,5,12-15H2,1-2H3. The number of aromatic nitrogens is 4. The van der Waals surface area contributed by atoms with Gasteiger partial charge in [-0.1, -0.05) is 47.5 Å². The Morgan fingerprint density at radius 2 is 1.63 bits per heavy atom. The molecule has 38 heavy (non-hydrogen) atoms. The van der Waals surface area contributed by atoms with Crippen molar-refractivity contribution in [3.8, 4) is 11.4 Å². The molecule has 0 N–H and O–H groups in total. The molecule has 2 aromatic heterocycles. The van der Waals surface area contributed by atoms with Crippen LogP contribution in [0.2, 0.25) is 5.02 Å². The molecule has 3 aromatic carbocycles. The van der Waals surface area contributed by atoms with Crippen LogP contribution >= 0.6 is 11.6 Å². The summed E-state index contributed by atoms with van der Waals surface area (Å²) in [4.78, 5) is 7.48. The first kappa shape index (κ1) is 24.8. The number of hydrogen-bond donors (Lipinski definition) is 0. The Kier molecular flexibility index (Phi) is 6.29. The van der Waals surface area contributed by atoms with Crippen molar-refractivity contribution in [2.24, 2.45) is 0 Å². The molecular formula is C28H27ClN6O2S. The molecule has 0 unspecified atom stereocenters. The summed E-state index contributed by atoms with van der Waals surface area (Å²) in [5.41, 5.74) is 4.38. The topological polar surface area (TPSA) is 83.7 Å². The summed E-state index contributed by atoms with van der Waals surface area (Å²) < 4.78 is 30.4. The molecule has 6 rings (SSSR count). The maximum Gasteiger partial charge on any atom is 0.243 e. The van der Waals surface area contributed by atoms with Crippen molar-refractivity contribution in [3.05, 3.63) is 82.9 Å². The number of sulfonamides is 1. The number of anilines is 1. The van der Waals surface area contributed by atoms with Crippen LogP contribution in [-0.2, 0) is 10.0 Å². The second kappa shape index (κ2) is 9.65. The van der Waals surface area contributed by atoms with Gasteiger partial charge in [0.05, 0.1) is 10.4 Å². The minimum atomic E-state index is -3.60. The largest absolute Gasteiger partial charge is 0.340 e. The van der Waals surface area contributed by atoms with Crippen molar-refractivity contribution in [2.45, 2.75) is 25.2 Å². The molecule has 0 atom stereocenters. The number of aryl methyl sites for hydroxylation is 2. The lowest BCUT2D eigenvalue weighted by Crippen LogP contribution is -2.36. The zero-order valence-electron chi connectivity index (χ0n) is 21.2. The third kappa shape index (κ3) is 4.40. The molecule has 1 fully saturated rings. The maximum absolute atomic E-state index is 13.4. The van der Waals surface area contributed by atoms with Crippen LogP contribution in [-0.4, -0.2) is 58.5 Å². The van der Waals surface area contributed by atoms with E-state index >= 15 is 0 Å². The summed E-state index contributed by atoms with van der Waals surface area (Å²) in [5.74, 6) is 1.36. The fourth-order valence-electron chi connectivity index (χ4n) is 5.03. The van der Waals surface area contributed by atoms with Crippen LogP contribution in [0, 0.1) is 13.8 Å². The predicted octanol–water partition coefficient (Wildman–Crippen LogP) is 5.12. The monoisotopic (exact) mass is 546 g/mol. The van der Waals surface area contributed by atoms with Gasteiger partial charge in [-0.3, -0.25) is 0 Å². The third-order valence-corrected chi connectivity index (χ3v) is 9.06. The molecule has 0 aliphatic carbocycles. The highest BCUT2D eigenvalue weighted by molar-refractivity contribution is 7.89. The van der Waals surface area contributed by atoms with E-state index in [1.54, 1.807) is 22.5 Å². The number of rotatable bonds is 4. The molecule has 8 nitrogen and oxygen atoms in total. The molecule has 10 heteroatoms. The Hall–Kier alpha value is -3.53. The van der Waals surface area contributed by atoms with Gasteiger partial charge in [0, 0.05) is 42.2 Å². The van der Waals surface area contributed by atoms with Crippen LogP contribution in [0.25, 0.3) is 27.9 Å². The van der Waals surface area contributed by atoms with E-state index < -0.39 is 10.0 Å². The molecule has 1 aliphatic heterocycles. The number of hydrogen-bond acceptors (Lipinski definition) is 6. The van der Waals surface area contributed by atoms with Gasteiger partial charge < -0.3 is 4.90 Å². The SMILES string of the molecule is Cc1cccc(-c2nnc3c4ccc(Cl)cc4nc(N4CCCN(S(=O)(=O)c5cccc(C)c5)CC4)n23)c1. The molecular weight excluding hydrogens is 520 g/mol. The van der Waals surface area contributed by atoms with Crippen molar-refractivity contribution < 1.29 is 8.42 Å². The smallest absolute Gasteiger partial charge is 0.243 e. The fraction of sp³-hybridized carbons (Fsp3) is 0.250. The highest BCUT2D eigenvalue weighted by Gasteiger charge is 2.29. The van der Waals surface area contributed by atoms with E-state index in [9.17, 15) is 8.42 Å². The van der Waals surface area contributed by atoms with Gasteiger partial charge in [-0.05, 0) is 62.2 Å². The third-order valence-electron chi connectivity index (χ3n) is 6.93. The van der Waals surface area contributed by atoms with Crippen molar-refractivity contribution in [2.75, 3.05) is 31.1 Å². The lowest BCUT2D eigenvalue weighted by atomic mass is 10.1. The summed E-state index contributed by atoms with van der Waals surface area (Å²) in [6, 6.07) is 20.8. The molecule has 0 amide bonds. The first-order chi connectivity index (χ1) is 18.3. The van der Waals surface area contributed by atoms with E-state index in [1.165, 1.54) is 0 Å². The fourth-order valence-corrected chi connectivity index (χ4v) is 6.78. The summed E-state index contributed by atoms with van der Waals surface area (Å²) in [6.07, 6.45) is 0.656. The summed E-state index contributed by atoms with van der Waals surface area (Å²) in [7, 11) is -3.60. The molecule has 5 aromatic rings. The van der Waals surface area contributed by atoms with Crippen LogP contribution in [0.4, 0.5) is 5.95 Å². The highest BCUT2D eigenvalue weighted by atomic mass is 35.5. The van der Waals surface area contributed by atoms with E-state index in [2.05, 4.69) is 21.2 Å². The first-order valence-corrected chi connectivity index (χ1v) is 14.4. The lowest BCUT2D eigenvalue weighted by molar-refractivity contribution is 0.433. The summed E-state index contributed by atoms with van der Waals surface area (Å²) in [5, 5.41) is 10.6. The van der Waals surface area contributed by atoms with Crippen LogP contribution in [0.15, 0.2) is 71.6 Å². The number of nitrogens with zero attached hydrogens (tertiary/aromatic N) is 6. The van der Waals surface area contributed by atoms with Gasteiger partial charge in [-0.25, -0.2) is 17.8 Å². The minimum Gasteiger partial charge on any atom is -0.340 e. The number of halogens is 1. The van der Waals surface area contributed by atoms with Gasteiger partial charge in [0.2, 0.25) is 16.0 Å². The van der Waals surface area contributed by atoms with Gasteiger partial charge in [0.25, 0.3) is 0 Å². The van der Waals surface area contributed by atoms with Crippen molar-refractivity contribution >= 4 is 44.1 Å². The number of benzene rings is 3. The van der Waals surface area contributed by atoms with Gasteiger partial charge in [0.1, 0.15) is 0 Å². The Morgan fingerprint density at radius 1 is 0.842 bits per heavy atom. The van der Waals surface area contributed by atoms with E-state index in [1.807, 2.05) is 60.7 Å². The second-order valence-electron chi connectivity index (χ2n) is 9.69. The molecule has 0 bridgehead atoms. The van der Waals surface area contributed by atoms with Crippen molar-refractivity contribution in [1.82, 2.24) is 23.9 Å². The molecule has 194 valence electrons. The first-order valence-electron chi connectivity index (χ1n) is 12.5. The predicted molar refractivity (Wildman–Crippen MR) is 150 cm³/mol. The van der Waals surface area contributed by atoms with Gasteiger partial charge in [0.15, 0.2) is 11.5 Å². The zero-order valence-corrected chi connectivity index (χ0v) is 22.7. The molecule has 1 saturated heterocycles. The Balaban J connectivity index is 1.44. The molecule has 0 saturated carbocycles. The summed E-state index contributed by atoms with van der Waals surface area (Å²) in [6.45, 7) is 5.83. The van der Waals surface area contributed by atoms with Gasteiger partial charge >= 0.3 is 0 Å². The van der Waals surface area contributed by atoms with E-state index in [4.69, 9.17) is 16.6 Å². The highest BCUT2D eigenvalue weighted by Crippen LogP contribution is 2.31. The summed E-state index contributed by atoms with van der Waals surface area (Å²) >= 11 is 6.32. The Bertz CT molecular complexity index is 1790. The zero-order chi connectivity index (χ0) is 26.4. The second-order valence-corrected chi connectivity index (χ2v) is 12.1. The molecule has 1 aliphatic rings. The van der Waals surface area contributed by atoms with Crippen molar-refractivity contribution in [3.63, 3.8) is 0 Å². The van der Waals surface area contributed by atoms with Gasteiger partial charge in [-0.2, -0.15) is 4.31 Å². The average Bonchev–Trinajstić information content (AvgIpc) is 3.18. The van der Waals surface area contributed by atoms with E-state index in [-0.39, 0.29) is 0 Å². The van der Waals surface area contributed by atoms with Crippen molar-refractivity contribution in [1.29, 1.82) is 0 Å². The van der Waals surface area contributed by atoms with Crippen LogP contribution < -0.4 is 4.90 Å². The quantitative estimate of drug-likeness (QED) is 0.311. The lowest BCUT2D eigenvalue weighted by Gasteiger charge is -2.24. The van der Waals surface area contributed by atoms with Crippen LogP contribution in [0.1, 0.15) is 17.5 Å². The normalized spacial score (nSPS) is 15.3. The Labute approximate surface area is 226 Å². The Morgan fingerprint density at radius 3 is 2.42 bits per heavy atom. The number of fused-ring (bicyclic) bond motifs is 3. The van der Waals surface area contributed by atoms with E-state index in [0.717, 1.165) is 27.6 Å². The van der Waals surface area contributed by atoms with Crippen LogP contribution in [0.5, 0.6) is 0 Å². The van der Waals surface area contributed by atoms with E-state index in [0.29, 0.717) is 59.9 Å².